The zero-order valence-corrected chi connectivity index (χ0v) is 26.7. The average Bonchev–Trinajstić information content (AvgIpc) is 3.80. The fourth-order valence-corrected chi connectivity index (χ4v) is 4.15. The van der Waals surface area contributed by atoms with Crippen molar-refractivity contribution in [3.63, 3.8) is 0 Å². The van der Waals surface area contributed by atoms with Crippen LogP contribution >= 0.6 is 0 Å². The van der Waals surface area contributed by atoms with Crippen molar-refractivity contribution in [2.45, 2.75) is 13.1 Å². The number of hydrogen-bond acceptors (Lipinski definition) is 6. The number of ether oxygens (including phenoxy) is 4. The summed E-state index contributed by atoms with van der Waals surface area (Å²) in [4.78, 5) is 4.75. The maximum absolute atomic E-state index is 5.80. The first-order valence-electron chi connectivity index (χ1n) is 14.4. The molecule has 0 bridgehead atoms. The summed E-state index contributed by atoms with van der Waals surface area (Å²) >= 11 is 0. The molecule has 1 saturated heterocycles. The van der Waals surface area contributed by atoms with Gasteiger partial charge in [-0.15, -0.1) is 0 Å². The summed E-state index contributed by atoms with van der Waals surface area (Å²) in [5, 5.41) is 0. The van der Waals surface area contributed by atoms with Crippen molar-refractivity contribution in [2.75, 3.05) is 79.0 Å². The summed E-state index contributed by atoms with van der Waals surface area (Å²) in [6.07, 6.45) is 0. The summed E-state index contributed by atoms with van der Waals surface area (Å²) in [7, 11) is 0. The SMILES string of the molecule is [Fe+2].[Fe+2].c1c[cH-]c(CN2CCOCCOCCN(Cc3ccc[cH-]3)CCOCCOCC2)c1.c1cc[cH-]c1.c1cc[cH-]c1. The van der Waals surface area contributed by atoms with E-state index in [1.54, 1.807) is 0 Å². The van der Waals surface area contributed by atoms with E-state index in [9.17, 15) is 0 Å². The smallest absolute Gasteiger partial charge is 0.378 e. The quantitative estimate of drug-likeness (QED) is 0.219. The molecule has 4 aromatic rings. The van der Waals surface area contributed by atoms with E-state index in [1.807, 2.05) is 60.7 Å². The Morgan fingerprint density at radius 3 is 1.02 bits per heavy atom. The molecule has 0 radical (unpaired) electrons. The molecule has 1 aliphatic rings. The molecule has 5 rings (SSSR count). The predicted molar refractivity (Wildman–Crippen MR) is 162 cm³/mol. The van der Waals surface area contributed by atoms with Crippen molar-refractivity contribution in [1.29, 1.82) is 0 Å². The Kier molecular flexibility index (Phi) is 24.4. The van der Waals surface area contributed by atoms with Gasteiger partial charge in [0.15, 0.2) is 0 Å². The molecule has 6 nitrogen and oxygen atoms in total. The zero-order chi connectivity index (χ0) is 27.8. The second kappa shape index (κ2) is 26.8. The first-order chi connectivity index (χ1) is 19.9. The maximum Gasteiger partial charge on any atom is 2.00 e. The third-order valence-corrected chi connectivity index (χ3v) is 6.34. The van der Waals surface area contributed by atoms with Crippen LogP contribution < -0.4 is 0 Å². The summed E-state index contributed by atoms with van der Waals surface area (Å²) in [6, 6.07) is 37.0. The fourth-order valence-electron chi connectivity index (χ4n) is 4.15. The third-order valence-electron chi connectivity index (χ3n) is 6.34. The van der Waals surface area contributed by atoms with E-state index >= 15 is 0 Å². The first kappa shape index (κ1) is 38.2. The molecule has 4 aromatic carbocycles. The second-order valence-corrected chi connectivity index (χ2v) is 9.51. The third kappa shape index (κ3) is 19.4. The monoisotopic (exact) mass is 658 g/mol. The molecule has 1 fully saturated rings. The molecule has 1 aliphatic heterocycles. The molecule has 0 amide bonds. The van der Waals surface area contributed by atoms with Crippen LogP contribution in [0.15, 0.2) is 109 Å². The van der Waals surface area contributed by atoms with Crippen LogP contribution in [0.5, 0.6) is 0 Å². The van der Waals surface area contributed by atoms with Crippen molar-refractivity contribution in [3.05, 3.63) is 120 Å². The summed E-state index contributed by atoms with van der Waals surface area (Å²) < 4.78 is 23.2. The minimum absolute atomic E-state index is 0. The van der Waals surface area contributed by atoms with Crippen LogP contribution in [0.1, 0.15) is 11.1 Å². The van der Waals surface area contributed by atoms with Gasteiger partial charge in [0.25, 0.3) is 0 Å². The van der Waals surface area contributed by atoms with Crippen LogP contribution in [0.3, 0.4) is 0 Å². The van der Waals surface area contributed by atoms with E-state index in [-0.39, 0.29) is 34.1 Å². The molecule has 0 unspecified atom stereocenters. The first-order valence-corrected chi connectivity index (χ1v) is 14.4. The van der Waals surface area contributed by atoms with Crippen molar-refractivity contribution in [3.8, 4) is 0 Å². The summed E-state index contributed by atoms with van der Waals surface area (Å²) in [5.41, 5.74) is 2.66. The van der Waals surface area contributed by atoms with Crippen molar-refractivity contribution < 1.29 is 53.1 Å². The molecule has 1 heterocycles. The van der Waals surface area contributed by atoms with Crippen molar-refractivity contribution >= 4 is 0 Å². The van der Waals surface area contributed by atoms with Gasteiger partial charge < -0.3 is 18.9 Å². The van der Waals surface area contributed by atoms with Crippen LogP contribution in [-0.4, -0.2) is 88.8 Å². The molecule has 0 saturated carbocycles. The van der Waals surface area contributed by atoms with Gasteiger partial charge in [0, 0.05) is 39.3 Å². The molecule has 0 atom stereocenters. The Bertz CT molecular complexity index is 856. The number of rotatable bonds is 4. The van der Waals surface area contributed by atoms with E-state index in [1.165, 1.54) is 11.1 Å². The van der Waals surface area contributed by atoms with Gasteiger partial charge in [-0.25, -0.2) is 48.5 Å². The number of nitrogens with zero attached hydrogens (tertiary/aromatic N) is 2. The van der Waals surface area contributed by atoms with Crippen LogP contribution in [0.25, 0.3) is 0 Å². The van der Waals surface area contributed by atoms with Crippen LogP contribution in [0.2, 0.25) is 0 Å². The van der Waals surface area contributed by atoms with Gasteiger partial charge in [-0.3, -0.25) is 9.80 Å². The summed E-state index contributed by atoms with van der Waals surface area (Å²) in [6.45, 7) is 10.7. The van der Waals surface area contributed by atoms with E-state index < -0.39 is 0 Å². The van der Waals surface area contributed by atoms with Crippen molar-refractivity contribution in [2.24, 2.45) is 0 Å². The van der Waals surface area contributed by atoms with Gasteiger partial charge in [-0.05, 0) is 0 Å². The zero-order valence-electron chi connectivity index (χ0n) is 24.5. The van der Waals surface area contributed by atoms with E-state index in [0.717, 1.165) is 39.3 Å². The van der Waals surface area contributed by atoms with E-state index in [2.05, 4.69) is 58.3 Å². The van der Waals surface area contributed by atoms with Gasteiger partial charge in [0.2, 0.25) is 0 Å². The molecule has 0 aromatic heterocycles. The molecule has 0 spiro atoms. The van der Waals surface area contributed by atoms with Crippen LogP contribution in [0, 0.1) is 0 Å². The minimum atomic E-state index is 0. The molecular formula is C34H46Fe2N2O4. The molecule has 42 heavy (non-hydrogen) atoms. The maximum atomic E-state index is 5.80. The van der Waals surface area contributed by atoms with Crippen molar-refractivity contribution in [1.82, 2.24) is 9.80 Å². The Labute approximate surface area is 274 Å². The average molecular weight is 658 g/mol. The Hall–Kier alpha value is -1.80. The van der Waals surface area contributed by atoms with Gasteiger partial charge in [0.05, 0.1) is 52.9 Å². The topological polar surface area (TPSA) is 43.4 Å². The van der Waals surface area contributed by atoms with Gasteiger partial charge in [-0.1, -0.05) is 0 Å². The number of hydrogen-bond donors (Lipinski definition) is 0. The Balaban J connectivity index is 0.000000617. The standard InChI is InChI=1S/C24H36N2O4.2C5H5.2Fe/c1-2-6-23(5-1)21-25-9-13-27-17-19-29-15-11-26(22-24-7-3-4-8-24)12-16-30-20-18-28-14-10-25;2*1-2-4-5-3-1;;/h1-8H,9-22H2;2*1-5H;;/q-2;2*-1;2*+2. The molecule has 0 N–H and O–H groups in total. The second-order valence-electron chi connectivity index (χ2n) is 9.51. The summed E-state index contributed by atoms with van der Waals surface area (Å²) in [5.74, 6) is 0. The normalized spacial score (nSPS) is 16.6. The Morgan fingerprint density at radius 1 is 0.452 bits per heavy atom. The van der Waals surface area contributed by atoms with E-state index in [0.29, 0.717) is 52.9 Å². The van der Waals surface area contributed by atoms with Gasteiger partial charge >= 0.3 is 34.1 Å². The Morgan fingerprint density at radius 2 is 0.786 bits per heavy atom. The molecule has 232 valence electrons. The van der Waals surface area contributed by atoms with E-state index in [4.69, 9.17) is 18.9 Å². The van der Waals surface area contributed by atoms with Crippen LogP contribution in [-0.2, 0) is 66.2 Å². The van der Waals surface area contributed by atoms with Gasteiger partial charge in [-0.2, -0.15) is 71.8 Å². The predicted octanol–water partition coefficient (Wildman–Crippen LogP) is 5.31. The molecule has 8 heteroatoms. The minimum Gasteiger partial charge on any atom is -0.378 e. The van der Waals surface area contributed by atoms with Gasteiger partial charge in [0.1, 0.15) is 0 Å². The fraction of sp³-hybridized carbons (Fsp3) is 0.412. The van der Waals surface area contributed by atoms with Crippen LogP contribution in [0.4, 0.5) is 0 Å². The molecular weight excluding hydrogens is 612 g/mol. The largest absolute Gasteiger partial charge is 2.00 e. The molecule has 0 aliphatic carbocycles.